The Morgan fingerprint density at radius 3 is 2.30 bits per heavy atom. The van der Waals surface area contributed by atoms with Gasteiger partial charge in [-0.3, -0.25) is 0 Å². The molecular weight excluding hydrogens is 335 g/mol. The van der Waals surface area contributed by atoms with E-state index >= 15 is 0 Å². The summed E-state index contributed by atoms with van der Waals surface area (Å²) < 4.78 is 63.1. The van der Waals surface area contributed by atoms with Gasteiger partial charge in [0.25, 0.3) is 0 Å². The van der Waals surface area contributed by atoms with Crippen molar-refractivity contribution in [2.24, 2.45) is 0 Å². The first kappa shape index (κ1) is 17.6. The van der Waals surface area contributed by atoms with Gasteiger partial charge in [-0.25, -0.2) is 13.2 Å². The van der Waals surface area contributed by atoms with Crippen LogP contribution in [-0.4, -0.2) is 30.9 Å². The SMILES string of the molecule is O=C(O)N[C@H]1CC[C@H](S(=O)(=O)c2cccc(C(F)(F)F)c2)CC1. The summed E-state index contributed by atoms with van der Waals surface area (Å²) in [4.78, 5) is 10.2. The van der Waals surface area contributed by atoms with Gasteiger partial charge in [0.2, 0.25) is 0 Å². The highest BCUT2D eigenvalue weighted by Crippen LogP contribution is 2.33. The molecule has 2 N–H and O–H groups in total. The van der Waals surface area contributed by atoms with Crippen LogP contribution in [0.3, 0.4) is 0 Å². The van der Waals surface area contributed by atoms with Gasteiger partial charge >= 0.3 is 12.3 Å². The van der Waals surface area contributed by atoms with Gasteiger partial charge in [-0.15, -0.1) is 0 Å². The molecule has 0 spiro atoms. The van der Waals surface area contributed by atoms with E-state index < -0.39 is 32.9 Å². The summed E-state index contributed by atoms with van der Waals surface area (Å²) in [5.41, 5.74) is -1.00. The van der Waals surface area contributed by atoms with Crippen molar-refractivity contribution < 1.29 is 31.5 Å². The van der Waals surface area contributed by atoms with Crippen LogP contribution in [0.25, 0.3) is 0 Å². The third-order valence-corrected chi connectivity index (χ3v) is 6.19. The lowest BCUT2D eigenvalue weighted by molar-refractivity contribution is -0.137. The number of halogens is 3. The molecule has 128 valence electrons. The van der Waals surface area contributed by atoms with E-state index in [0.717, 1.165) is 18.2 Å². The first-order valence-corrected chi connectivity index (χ1v) is 8.56. The summed E-state index contributed by atoms with van der Waals surface area (Å²) in [5, 5.41) is 10.1. The summed E-state index contributed by atoms with van der Waals surface area (Å²) in [5.74, 6) is 0. The average Bonchev–Trinajstić information content (AvgIpc) is 2.46. The van der Waals surface area contributed by atoms with E-state index in [2.05, 4.69) is 5.32 Å². The molecule has 9 heteroatoms. The van der Waals surface area contributed by atoms with Gasteiger partial charge in [0.05, 0.1) is 15.7 Å². The van der Waals surface area contributed by atoms with E-state index in [-0.39, 0.29) is 23.8 Å². The minimum absolute atomic E-state index is 0.212. The van der Waals surface area contributed by atoms with Crippen LogP contribution in [0, 0.1) is 0 Å². The van der Waals surface area contributed by atoms with Crippen LogP contribution in [0.2, 0.25) is 0 Å². The van der Waals surface area contributed by atoms with Crippen LogP contribution >= 0.6 is 0 Å². The minimum Gasteiger partial charge on any atom is -0.465 e. The number of carboxylic acid groups (broad SMARTS) is 1. The fourth-order valence-corrected chi connectivity index (χ4v) is 4.57. The Kier molecular flexibility index (Phi) is 4.88. The zero-order valence-electron chi connectivity index (χ0n) is 12.0. The molecule has 0 aliphatic heterocycles. The largest absolute Gasteiger partial charge is 0.465 e. The van der Waals surface area contributed by atoms with Crippen LogP contribution in [0.4, 0.5) is 18.0 Å². The lowest BCUT2D eigenvalue weighted by Gasteiger charge is -2.28. The molecule has 2 rings (SSSR count). The first-order valence-electron chi connectivity index (χ1n) is 7.01. The second kappa shape index (κ2) is 6.38. The Bertz CT molecular complexity index is 680. The standard InChI is InChI=1S/C14H16F3NO4S/c15-14(16,17)9-2-1-3-12(8-9)23(21,22)11-6-4-10(5-7-11)18-13(19)20/h1-3,8,10-11,18H,4-7H2,(H,19,20)/t10-,11-. The zero-order chi connectivity index (χ0) is 17.3. The van der Waals surface area contributed by atoms with Crippen molar-refractivity contribution in [3.8, 4) is 0 Å². The second-order valence-corrected chi connectivity index (χ2v) is 7.72. The van der Waals surface area contributed by atoms with Gasteiger partial charge in [-0.2, -0.15) is 13.2 Å². The summed E-state index contributed by atoms with van der Waals surface area (Å²) in [6, 6.07) is 3.39. The Morgan fingerprint density at radius 2 is 1.78 bits per heavy atom. The third kappa shape index (κ3) is 4.15. The zero-order valence-corrected chi connectivity index (χ0v) is 12.8. The second-order valence-electron chi connectivity index (χ2n) is 5.49. The van der Waals surface area contributed by atoms with Gasteiger partial charge in [-0.1, -0.05) is 6.07 Å². The highest BCUT2D eigenvalue weighted by atomic mass is 32.2. The van der Waals surface area contributed by atoms with E-state index in [4.69, 9.17) is 5.11 Å². The topological polar surface area (TPSA) is 83.5 Å². The van der Waals surface area contributed by atoms with Crippen LogP contribution in [-0.2, 0) is 16.0 Å². The van der Waals surface area contributed by atoms with E-state index in [1.54, 1.807) is 0 Å². The van der Waals surface area contributed by atoms with Gasteiger partial charge in [-0.05, 0) is 43.9 Å². The molecule has 0 heterocycles. The van der Waals surface area contributed by atoms with Gasteiger partial charge < -0.3 is 10.4 Å². The highest BCUT2D eigenvalue weighted by Gasteiger charge is 2.35. The Labute approximate surface area is 131 Å². The quantitative estimate of drug-likeness (QED) is 0.877. The number of nitrogens with one attached hydrogen (secondary N) is 1. The van der Waals surface area contributed by atoms with Crippen molar-refractivity contribution in [2.45, 2.75) is 48.0 Å². The fraction of sp³-hybridized carbons (Fsp3) is 0.500. The van der Waals surface area contributed by atoms with Crippen molar-refractivity contribution >= 4 is 15.9 Å². The molecule has 1 fully saturated rings. The number of amides is 1. The summed E-state index contributed by atoms with van der Waals surface area (Å²) in [6.45, 7) is 0. The maximum atomic E-state index is 12.7. The summed E-state index contributed by atoms with van der Waals surface area (Å²) in [7, 11) is -3.87. The summed E-state index contributed by atoms with van der Waals surface area (Å²) in [6.07, 6.45) is -4.67. The van der Waals surface area contributed by atoms with E-state index in [9.17, 15) is 26.4 Å². The number of rotatable bonds is 3. The number of benzene rings is 1. The third-order valence-electron chi connectivity index (χ3n) is 3.93. The molecule has 1 aromatic rings. The normalized spacial score (nSPS) is 22.6. The monoisotopic (exact) mass is 351 g/mol. The fourth-order valence-electron chi connectivity index (χ4n) is 2.73. The Balaban J connectivity index is 2.16. The molecule has 1 saturated carbocycles. The van der Waals surface area contributed by atoms with Gasteiger partial charge in [0.15, 0.2) is 9.84 Å². The van der Waals surface area contributed by atoms with Crippen LogP contribution in [0.15, 0.2) is 29.2 Å². The van der Waals surface area contributed by atoms with E-state index in [1.807, 2.05) is 0 Å². The summed E-state index contributed by atoms with van der Waals surface area (Å²) >= 11 is 0. The molecule has 0 unspecified atom stereocenters. The molecule has 0 saturated heterocycles. The predicted octanol–water partition coefficient (Wildman–Crippen LogP) is 3.06. The Hall–Kier alpha value is -1.77. The molecule has 23 heavy (non-hydrogen) atoms. The average molecular weight is 351 g/mol. The highest BCUT2D eigenvalue weighted by molar-refractivity contribution is 7.92. The molecule has 0 aromatic heterocycles. The number of sulfone groups is 1. The van der Waals surface area contributed by atoms with Gasteiger partial charge in [0.1, 0.15) is 0 Å². The molecule has 0 atom stereocenters. The smallest absolute Gasteiger partial charge is 0.416 e. The van der Waals surface area contributed by atoms with Gasteiger partial charge in [0, 0.05) is 6.04 Å². The molecule has 1 aromatic carbocycles. The molecular formula is C14H16F3NO4S. The van der Waals surface area contributed by atoms with Crippen molar-refractivity contribution in [1.29, 1.82) is 0 Å². The first-order chi connectivity index (χ1) is 10.6. The molecule has 1 aliphatic rings. The Morgan fingerprint density at radius 1 is 1.17 bits per heavy atom. The molecule has 0 bridgehead atoms. The number of hydrogen-bond acceptors (Lipinski definition) is 3. The maximum absolute atomic E-state index is 12.7. The van der Waals surface area contributed by atoms with E-state index in [1.165, 1.54) is 0 Å². The number of carbonyl (C=O) groups is 1. The van der Waals surface area contributed by atoms with Crippen LogP contribution in [0.5, 0.6) is 0 Å². The minimum atomic E-state index is -4.60. The maximum Gasteiger partial charge on any atom is 0.416 e. The van der Waals surface area contributed by atoms with Crippen molar-refractivity contribution in [2.75, 3.05) is 0 Å². The predicted molar refractivity (Wildman–Crippen MR) is 75.8 cm³/mol. The van der Waals surface area contributed by atoms with Crippen LogP contribution in [0.1, 0.15) is 31.2 Å². The lowest BCUT2D eigenvalue weighted by atomic mass is 9.95. The van der Waals surface area contributed by atoms with Crippen molar-refractivity contribution in [3.63, 3.8) is 0 Å². The lowest BCUT2D eigenvalue weighted by Crippen LogP contribution is -2.39. The molecule has 5 nitrogen and oxygen atoms in total. The number of hydrogen-bond donors (Lipinski definition) is 2. The van der Waals surface area contributed by atoms with Crippen molar-refractivity contribution in [1.82, 2.24) is 5.32 Å². The molecule has 1 amide bonds. The number of alkyl halides is 3. The molecule has 1 aliphatic carbocycles. The molecule has 0 radical (unpaired) electrons. The van der Waals surface area contributed by atoms with E-state index in [0.29, 0.717) is 18.9 Å². The van der Waals surface area contributed by atoms with Crippen molar-refractivity contribution in [3.05, 3.63) is 29.8 Å². The van der Waals surface area contributed by atoms with Crippen LogP contribution < -0.4 is 5.32 Å².